The van der Waals surface area contributed by atoms with Crippen LogP contribution in [0.25, 0.3) is 0 Å². The maximum atomic E-state index is 11.7. The summed E-state index contributed by atoms with van der Waals surface area (Å²) in [6, 6.07) is 8.68. The van der Waals surface area contributed by atoms with Gasteiger partial charge in [-0.1, -0.05) is 18.2 Å². The highest BCUT2D eigenvalue weighted by Gasteiger charge is 2.31. The lowest BCUT2D eigenvalue weighted by Gasteiger charge is -2.19. The van der Waals surface area contributed by atoms with E-state index >= 15 is 0 Å². The van der Waals surface area contributed by atoms with Gasteiger partial charge in [-0.25, -0.2) is 5.01 Å². The fourth-order valence-electron chi connectivity index (χ4n) is 1.54. The molecule has 0 aromatic heterocycles. The molecule has 0 radical (unpaired) electrons. The van der Waals surface area contributed by atoms with Crippen LogP contribution >= 0.6 is 0 Å². The Balaban J connectivity index is 2.12. The second-order valence-corrected chi connectivity index (χ2v) is 3.53. The molecular weight excluding hydrogens is 206 g/mol. The number of benzene rings is 1. The third kappa shape index (κ3) is 1.90. The van der Waals surface area contributed by atoms with Gasteiger partial charge in [-0.3, -0.25) is 15.2 Å². The Morgan fingerprint density at radius 3 is 2.69 bits per heavy atom. The average Bonchev–Trinajstić information content (AvgIpc) is 2.58. The van der Waals surface area contributed by atoms with Crippen molar-refractivity contribution in [3.8, 4) is 0 Å². The number of para-hydroxylation sites is 1. The zero-order chi connectivity index (χ0) is 11.5. The lowest BCUT2D eigenvalue weighted by molar-refractivity contribution is -0.127. The minimum atomic E-state index is -0.670. The SMILES string of the molecule is CC1=N[C@@H](CO)C(=O)N1Nc1ccccc1. The van der Waals surface area contributed by atoms with E-state index in [4.69, 9.17) is 5.11 Å². The van der Waals surface area contributed by atoms with Gasteiger partial charge in [-0.2, -0.15) is 0 Å². The highest BCUT2D eigenvalue weighted by molar-refractivity contribution is 6.05. The number of amidine groups is 1. The number of aliphatic hydroxyl groups excluding tert-OH is 1. The van der Waals surface area contributed by atoms with Gasteiger partial charge in [0.1, 0.15) is 5.84 Å². The van der Waals surface area contributed by atoms with E-state index in [9.17, 15) is 4.79 Å². The Kier molecular flexibility index (Phi) is 2.87. The molecule has 1 aromatic carbocycles. The van der Waals surface area contributed by atoms with Crippen molar-refractivity contribution in [3.05, 3.63) is 30.3 Å². The summed E-state index contributed by atoms with van der Waals surface area (Å²) in [5.41, 5.74) is 3.76. The fourth-order valence-corrected chi connectivity index (χ4v) is 1.54. The van der Waals surface area contributed by atoms with Gasteiger partial charge in [-0.05, 0) is 19.1 Å². The van der Waals surface area contributed by atoms with Gasteiger partial charge in [0.15, 0.2) is 6.04 Å². The second kappa shape index (κ2) is 4.32. The van der Waals surface area contributed by atoms with Crippen LogP contribution in [0.1, 0.15) is 6.92 Å². The van der Waals surface area contributed by atoms with Crippen LogP contribution in [0.3, 0.4) is 0 Å². The number of hydrazine groups is 1. The molecule has 1 amide bonds. The molecule has 0 fully saturated rings. The van der Waals surface area contributed by atoms with E-state index in [1.807, 2.05) is 30.3 Å². The molecule has 5 nitrogen and oxygen atoms in total. The summed E-state index contributed by atoms with van der Waals surface area (Å²) in [4.78, 5) is 15.8. The van der Waals surface area contributed by atoms with E-state index in [1.165, 1.54) is 5.01 Å². The summed E-state index contributed by atoms with van der Waals surface area (Å²) in [7, 11) is 0. The van der Waals surface area contributed by atoms with E-state index in [2.05, 4.69) is 10.4 Å². The Morgan fingerprint density at radius 1 is 1.44 bits per heavy atom. The molecule has 2 rings (SSSR count). The van der Waals surface area contributed by atoms with Gasteiger partial charge in [0.25, 0.3) is 5.91 Å². The number of hydrogen-bond acceptors (Lipinski definition) is 4. The van der Waals surface area contributed by atoms with Crippen molar-refractivity contribution in [2.24, 2.45) is 4.99 Å². The summed E-state index contributed by atoms with van der Waals surface area (Å²) >= 11 is 0. The number of aliphatic imine (C=N–C) groups is 1. The molecule has 0 saturated heterocycles. The first-order valence-electron chi connectivity index (χ1n) is 5.03. The number of hydrogen-bond donors (Lipinski definition) is 2. The lowest BCUT2D eigenvalue weighted by Crippen LogP contribution is -2.39. The van der Waals surface area contributed by atoms with Crippen molar-refractivity contribution in [2.75, 3.05) is 12.0 Å². The summed E-state index contributed by atoms with van der Waals surface area (Å²) in [5, 5.41) is 10.3. The summed E-state index contributed by atoms with van der Waals surface area (Å²) in [6.07, 6.45) is 0. The molecule has 1 aliphatic rings. The Bertz CT molecular complexity index is 416. The van der Waals surface area contributed by atoms with Crippen LogP contribution < -0.4 is 5.43 Å². The van der Waals surface area contributed by atoms with Crippen molar-refractivity contribution in [1.29, 1.82) is 0 Å². The Labute approximate surface area is 93.4 Å². The first-order chi connectivity index (χ1) is 7.72. The number of carbonyl (C=O) groups excluding carboxylic acids is 1. The van der Waals surface area contributed by atoms with Crippen molar-refractivity contribution in [2.45, 2.75) is 13.0 Å². The van der Waals surface area contributed by atoms with Crippen LogP contribution in [-0.4, -0.2) is 34.5 Å². The van der Waals surface area contributed by atoms with E-state index in [0.29, 0.717) is 5.84 Å². The minimum Gasteiger partial charge on any atom is -0.394 e. The summed E-state index contributed by atoms with van der Waals surface area (Å²) < 4.78 is 0. The largest absolute Gasteiger partial charge is 0.394 e. The van der Waals surface area contributed by atoms with E-state index in [1.54, 1.807) is 6.92 Å². The van der Waals surface area contributed by atoms with Crippen LogP contribution in [0, 0.1) is 0 Å². The summed E-state index contributed by atoms with van der Waals surface area (Å²) in [6.45, 7) is 1.46. The van der Waals surface area contributed by atoms with Crippen LogP contribution in [0.2, 0.25) is 0 Å². The van der Waals surface area contributed by atoms with Crippen LogP contribution in [0.5, 0.6) is 0 Å². The first-order valence-corrected chi connectivity index (χ1v) is 5.03. The molecule has 84 valence electrons. The van der Waals surface area contributed by atoms with E-state index < -0.39 is 6.04 Å². The molecule has 0 aliphatic carbocycles. The molecule has 2 N–H and O–H groups in total. The topological polar surface area (TPSA) is 64.9 Å². The third-order valence-corrected chi connectivity index (χ3v) is 2.36. The van der Waals surface area contributed by atoms with Crippen LogP contribution in [-0.2, 0) is 4.79 Å². The van der Waals surface area contributed by atoms with Gasteiger partial charge in [-0.15, -0.1) is 0 Å². The molecule has 1 heterocycles. The molecule has 1 aromatic rings. The van der Waals surface area contributed by atoms with Crippen molar-refractivity contribution < 1.29 is 9.90 Å². The monoisotopic (exact) mass is 219 g/mol. The zero-order valence-electron chi connectivity index (χ0n) is 8.92. The number of nitrogens with one attached hydrogen (secondary N) is 1. The molecule has 1 atom stereocenters. The van der Waals surface area contributed by atoms with Crippen molar-refractivity contribution in [3.63, 3.8) is 0 Å². The van der Waals surface area contributed by atoms with Crippen LogP contribution in [0.15, 0.2) is 35.3 Å². The highest BCUT2D eigenvalue weighted by Crippen LogP contribution is 2.14. The molecular formula is C11H13N3O2. The Morgan fingerprint density at radius 2 is 2.12 bits per heavy atom. The van der Waals surface area contributed by atoms with Gasteiger partial charge < -0.3 is 5.11 Å². The number of nitrogens with zero attached hydrogens (tertiary/aromatic N) is 2. The van der Waals surface area contributed by atoms with E-state index in [-0.39, 0.29) is 12.5 Å². The first kappa shape index (κ1) is 10.6. The normalized spacial score (nSPS) is 19.9. The number of rotatable bonds is 3. The molecule has 0 spiro atoms. The van der Waals surface area contributed by atoms with Gasteiger partial charge in [0, 0.05) is 0 Å². The van der Waals surface area contributed by atoms with Gasteiger partial charge in [0.2, 0.25) is 0 Å². The minimum absolute atomic E-state index is 0.233. The summed E-state index contributed by atoms with van der Waals surface area (Å²) in [5.74, 6) is 0.330. The lowest BCUT2D eigenvalue weighted by atomic mass is 10.3. The third-order valence-electron chi connectivity index (χ3n) is 2.36. The maximum Gasteiger partial charge on any atom is 0.273 e. The molecule has 0 saturated carbocycles. The molecule has 0 bridgehead atoms. The molecule has 1 aliphatic heterocycles. The predicted octanol–water partition coefficient (Wildman–Crippen LogP) is 0.635. The number of carbonyl (C=O) groups is 1. The quantitative estimate of drug-likeness (QED) is 0.783. The number of amides is 1. The zero-order valence-corrected chi connectivity index (χ0v) is 8.92. The van der Waals surface area contributed by atoms with E-state index in [0.717, 1.165) is 5.69 Å². The molecule has 0 unspecified atom stereocenters. The van der Waals surface area contributed by atoms with Crippen LogP contribution in [0.4, 0.5) is 5.69 Å². The standard InChI is InChI=1S/C11H13N3O2/c1-8-12-10(7-15)11(16)14(8)13-9-5-3-2-4-6-9/h2-6,10,13,15H,7H2,1H3/t10-/m0/s1. The predicted molar refractivity (Wildman–Crippen MR) is 60.9 cm³/mol. The average molecular weight is 219 g/mol. The number of aliphatic hydroxyl groups is 1. The second-order valence-electron chi connectivity index (χ2n) is 3.53. The number of anilines is 1. The molecule has 5 heteroatoms. The van der Waals surface area contributed by atoms with Gasteiger partial charge >= 0.3 is 0 Å². The molecule has 16 heavy (non-hydrogen) atoms. The van der Waals surface area contributed by atoms with Crippen molar-refractivity contribution in [1.82, 2.24) is 5.01 Å². The smallest absolute Gasteiger partial charge is 0.273 e. The van der Waals surface area contributed by atoms with Gasteiger partial charge in [0.05, 0.1) is 12.3 Å². The fraction of sp³-hybridized carbons (Fsp3) is 0.273. The Hall–Kier alpha value is -1.88. The maximum absolute atomic E-state index is 11.7. The van der Waals surface area contributed by atoms with Crippen molar-refractivity contribution >= 4 is 17.4 Å². The highest BCUT2D eigenvalue weighted by atomic mass is 16.3.